The second kappa shape index (κ2) is 5.71. The average Bonchev–Trinajstić information content (AvgIpc) is 2.36. The molecular formula is C14H12ClF3N2. The third kappa shape index (κ3) is 3.63. The predicted molar refractivity (Wildman–Crippen MR) is 72.8 cm³/mol. The van der Waals surface area contributed by atoms with Gasteiger partial charge in [0, 0.05) is 11.4 Å². The fourth-order valence-electron chi connectivity index (χ4n) is 1.74. The van der Waals surface area contributed by atoms with Gasteiger partial charge in [0.2, 0.25) is 0 Å². The highest BCUT2D eigenvalue weighted by molar-refractivity contribution is 6.31. The smallest absolute Gasteiger partial charge is 0.379 e. The van der Waals surface area contributed by atoms with E-state index in [0.29, 0.717) is 12.2 Å². The van der Waals surface area contributed by atoms with Gasteiger partial charge in [-0.2, -0.15) is 13.2 Å². The maximum atomic E-state index is 12.7. The summed E-state index contributed by atoms with van der Waals surface area (Å²) in [6.45, 7) is 2.20. The molecule has 1 heterocycles. The number of anilines is 1. The largest absolute Gasteiger partial charge is 0.417 e. The molecule has 106 valence electrons. The Balaban J connectivity index is 2.14. The van der Waals surface area contributed by atoms with Gasteiger partial charge in [0.05, 0.1) is 22.8 Å². The Kier molecular flexibility index (Phi) is 4.18. The summed E-state index contributed by atoms with van der Waals surface area (Å²) < 4.78 is 38.2. The summed E-state index contributed by atoms with van der Waals surface area (Å²) in [5.74, 6) is 0. The standard InChI is InChI=1S/C14H12ClF3N2/c1-9-3-2-4-11(20-9)8-19-10-5-6-13(15)12(7-10)14(16,17)18/h2-7,19H,8H2,1H3. The third-order valence-electron chi connectivity index (χ3n) is 2.69. The molecule has 20 heavy (non-hydrogen) atoms. The van der Waals surface area contributed by atoms with Gasteiger partial charge in [0.15, 0.2) is 0 Å². The number of rotatable bonds is 3. The molecular weight excluding hydrogens is 289 g/mol. The number of aryl methyl sites for hydroxylation is 1. The fourth-order valence-corrected chi connectivity index (χ4v) is 1.97. The second-order valence-corrected chi connectivity index (χ2v) is 4.72. The Bertz CT molecular complexity index is 612. The van der Waals surface area contributed by atoms with Crippen molar-refractivity contribution in [1.29, 1.82) is 0 Å². The topological polar surface area (TPSA) is 24.9 Å². The zero-order valence-corrected chi connectivity index (χ0v) is 11.4. The van der Waals surface area contributed by atoms with Crippen LogP contribution in [0.4, 0.5) is 18.9 Å². The van der Waals surface area contributed by atoms with Crippen LogP contribution in [0.15, 0.2) is 36.4 Å². The highest BCUT2D eigenvalue weighted by Gasteiger charge is 2.33. The quantitative estimate of drug-likeness (QED) is 0.890. The molecule has 0 radical (unpaired) electrons. The molecule has 0 amide bonds. The highest BCUT2D eigenvalue weighted by Crippen LogP contribution is 2.36. The number of hydrogen-bond acceptors (Lipinski definition) is 2. The van der Waals surface area contributed by atoms with Gasteiger partial charge in [-0.3, -0.25) is 4.98 Å². The van der Waals surface area contributed by atoms with Crippen molar-refractivity contribution in [1.82, 2.24) is 4.98 Å². The van der Waals surface area contributed by atoms with Gasteiger partial charge in [-0.05, 0) is 37.3 Å². The van der Waals surface area contributed by atoms with E-state index < -0.39 is 11.7 Å². The van der Waals surface area contributed by atoms with E-state index in [9.17, 15) is 13.2 Å². The molecule has 0 aliphatic heterocycles. The van der Waals surface area contributed by atoms with E-state index in [2.05, 4.69) is 10.3 Å². The number of nitrogens with one attached hydrogen (secondary N) is 1. The van der Waals surface area contributed by atoms with Crippen LogP contribution < -0.4 is 5.32 Å². The number of nitrogens with zero attached hydrogens (tertiary/aromatic N) is 1. The monoisotopic (exact) mass is 300 g/mol. The van der Waals surface area contributed by atoms with E-state index >= 15 is 0 Å². The molecule has 0 aliphatic rings. The van der Waals surface area contributed by atoms with E-state index in [1.165, 1.54) is 12.1 Å². The minimum Gasteiger partial charge on any atom is -0.379 e. The van der Waals surface area contributed by atoms with Gasteiger partial charge in [0.25, 0.3) is 0 Å². The summed E-state index contributed by atoms with van der Waals surface area (Å²) >= 11 is 5.56. The molecule has 2 nitrogen and oxygen atoms in total. The first kappa shape index (κ1) is 14.7. The van der Waals surface area contributed by atoms with Crippen LogP contribution in [0.25, 0.3) is 0 Å². The minimum atomic E-state index is -4.46. The van der Waals surface area contributed by atoms with Crippen LogP contribution >= 0.6 is 11.6 Å². The second-order valence-electron chi connectivity index (χ2n) is 4.32. The molecule has 1 aromatic carbocycles. The average molecular weight is 301 g/mol. The summed E-state index contributed by atoms with van der Waals surface area (Å²) in [7, 11) is 0. The SMILES string of the molecule is Cc1cccc(CNc2ccc(Cl)c(C(F)(F)F)c2)n1. The molecule has 1 N–H and O–H groups in total. The molecule has 0 atom stereocenters. The van der Waals surface area contributed by atoms with E-state index in [1.807, 2.05) is 19.1 Å². The summed E-state index contributed by atoms with van der Waals surface area (Å²) in [4.78, 5) is 4.27. The lowest BCUT2D eigenvalue weighted by atomic mass is 10.2. The number of halogens is 4. The Morgan fingerprint density at radius 3 is 2.60 bits per heavy atom. The Morgan fingerprint density at radius 1 is 1.20 bits per heavy atom. The van der Waals surface area contributed by atoms with Crippen LogP contribution in [0.2, 0.25) is 5.02 Å². The van der Waals surface area contributed by atoms with Crippen molar-refractivity contribution in [2.24, 2.45) is 0 Å². The maximum Gasteiger partial charge on any atom is 0.417 e. The van der Waals surface area contributed by atoms with Crippen LogP contribution in [0.5, 0.6) is 0 Å². The Morgan fingerprint density at radius 2 is 1.95 bits per heavy atom. The van der Waals surface area contributed by atoms with E-state index in [1.54, 1.807) is 6.07 Å². The van der Waals surface area contributed by atoms with Crippen molar-refractivity contribution >= 4 is 17.3 Å². The van der Waals surface area contributed by atoms with E-state index in [4.69, 9.17) is 11.6 Å². The van der Waals surface area contributed by atoms with Crippen LogP contribution in [0.1, 0.15) is 17.0 Å². The van der Waals surface area contributed by atoms with Crippen molar-refractivity contribution in [3.8, 4) is 0 Å². The van der Waals surface area contributed by atoms with Gasteiger partial charge in [-0.25, -0.2) is 0 Å². The highest BCUT2D eigenvalue weighted by atomic mass is 35.5. The molecule has 0 fully saturated rings. The summed E-state index contributed by atoms with van der Waals surface area (Å²) in [5.41, 5.74) is 1.12. The van der Waals surface area contributed by atoms with Gasteiger partial charge >= 0.3 is 6.18 Å². The van der Waals surface area contributed by atoms with Gasteiger partial charge < -0.3 is 5.32 Å². The molecule has 0 saturated heterocycles. The predicted octanol–water partition coefficient (Wildman–Crippen LogP) is 4.67. The zero-order valence-electron chi connectivity index (χ0n) is 10.6. The Hall–Kier alpha value is -1.75. The zero-order chi connectivity index (χ0) is 14.8. The first-order valence-corrected chi connectivity index (χ1v) is 6.27. The Labute approximate surface area is 119 Å². The van der Waals surface area contributed by atoms with E-state index in [-0.39, 0.29) is 5.02 Å². The number of alkyl halides is 3. The summed E-state index contributed by atoms with van der Waals surface area (Å²) in [6, 6.07) is 9.25. The molecule has 2 aromatic rings. The first-order chi connectivity index (χ1) is 9.36. The molecule has 6 heteroatoms. The molecule has 0 aliphatic carbocycles. The van der Waals surface area contributed by atoms with Crippen LogP contribution in [0.3, 0.4) is 0 Å². The van der Waals surface area contributed by atoms with E-state index in [0.717, 1.165) is 17.5 Å². The van der Waals surface area contributed by atoms with Crippen molar-refractivity contribution in [3.05, 3.63) is 58.4 Å². The maximum absolute atomic E-state index is 12.7. The molecule has 1 aromatic heterocycles. The number of hydrogen-bond donors (Lipinski definition) is 1. The lowest BCUT2D eigenvalue weighted by molar-refractivity contribution is -0.137. The summed E-state index contributed by atoms with van der Waals surface area (Å²) in [5, 5.41) is 2.60. The summed E-state index contributed by atoms with van der Waals surface area (Å²) in [6.07, 6.45) is -4.46. The fraction of sp³-hybridized carbons (Fsp3) is 0.214. The lowest BCUT2D eigenvalue weighted by Gasteiger charge is -2.12. The van der Waals surface area contributed by atoms with Crippen LogP contribution in [0, 0.1) is 6.92 Å². The lowest BCUT2D eigenvalue weighted by Crippen LogP contribution is -2.08. The number of aromatic nitrogens is 1. The molecule has 0 bridgehead atoms. The van der Waals surface area contributed by atoms with Gasteiger partial charge in [-0.15, -0.1) is 0 Å². The van der Waals surface area contributed by atoms with Crippen LogP contribution in [-0.4, -0.2) is 4.98 Å². The van der Waals surface area contributed by atoms with Gasteiger partial charge in [-0.1, -0.05) is 17.7 Å². The van der Waals surface area contributed by atoms with Crippen molar-refractivity contribution in [2.45, 2.75) is 19.6 Å². The van der Waals surface area contributed by atoms with Crippen molar-refractivity contribution in [2.75, 3.05) is 5.32 Å². The number of benzene rings is 1. The molecule has 2 rings (SSSR count). The minimum absolute atomic E-state index is 0.309. The van der Waals surface area contributed by atoms with Crippen molar-refractivity contribution in [3.63, 3.8) is 0 Å². The first-order valence-electron chi connectivity index (χ1n) is 5.89. The molecule has 0 saturated carbocycles. The van der Waals surface area contributed by atoms with Gasteiger partial charge in [0.1, 0.15) is 0 Å². The molecule has 0 spiro atoms. The normalized spacial score (nSPS) is 11.4. The molecule has 0 unspecified atom stereocenters. The van der Waals surface area contributed by atoms with Crippen LogP contribution in [-0.2, 0) is 12.7 Å². The third-order valence-corrected chi connectivity index (χ3v) is 3.02. The number of pyridine rings is 1. The van der Waals surface area contributed by atoms with Crippen molar-refractivity contribution < 1.29 is 13.2 Å².